The van der Waals surface area contributed by atoms with Gasteiger partial charge in [0.05, 0.1) is 6.04 Å². The maximum absolute atomic E-state index is 14.0. The first kappa shape index (κ1) is 15.5. The van der Waals surface area contributed by atoms with E-state index in [4.69, 9.17) is 0 Å². The van der Waals surface area contributed by atoms with Crippen LogP contribution in [0.2, 0.25) is 0 Å². The molecule has 1 aliphatic carbocycles. The highest BCUT2D eigenvalue weighted by atomic mass is 19.1. The Hall–Kier alpha value is -2.36. The first-order chi connectivity index (χ1) is 11.0. The average Bonchev–Trinajstić information content (AvgIpc) is 2.53. The molecule has 120 valence electrons. The van der Waals surface area contributed by atoms with Gasteiger partial charge in [-0.15, -0.1) is 0 Å². The van der Waals surface area contributed by atoms with E-state index in [2.05, 4.69) is 12.2 Å². The van der Waals surface area contributed by atoms with E-state index in [-0.39, 0.29) is 29.4 Å². The Kier molecular flexibility index (Phi) is 4.07. The molecular weight excluding hydrogens is 293 g/mol. The van der Waals surface area contributed by atoms with Gasteiger partial charge in [0.25, 0.3) is 5.91 Å². The maximum Gasteiger partial charge on any atom is 0.252 e. The molecule has 3 nitrogen and oxygen atoms in total. The number of nitrogens with one attached hydrogen (secondary N) is 1. The zero-order valence-electron chi connectivity index (χ0n) is 13.3. The molecular formula is C19H20FNO2. The van der Waals surface area contributed by atoms with Gasteiger partial charge in [-0.25, -0.2) is 4.39 Å². The van der Waals surface area contributed by atoms with E-state index in [1.807, 2.05) is 6.07 Å². The zero-order valence-corrected chi connectivity index (χ0v) is 13.3. The Morgan fingerprint density at radius 1 is 1.26 bits per heavy atom. The summed E-state index contributed by atoms with van der Waals surface area (Å²) in [5.41, 5.74) is 2.55. The molecule has 2 atom stereocenters. The van der Waals surface area contributed by atoms with Gasteiger partial charge in [-0.05, 0) is 55.0 Å². The summed E-state index contributed by atoms with van der Waals surface area (Å²) in [6.07, 6.45) is 1.53. The predicted molar refractivity (Wildman–Crippen MR) is 86.9 cm³/mol. The van der Waals surface area contributed by atoms with Gasteiger partial charge >= 0.3 is 0 Å². The minimum Gasteiger partial charge on any atom is -0.508 e. The topological polar surface area (TPSA) is 49.3 Å². The second-order valence-electron chi connectivity index (χ2n) is 6.22. The van der Waals surface area contributed by atoms with Crippen LogP contribution in [0.25, 0.3) is 0 Å². The SMILES string of the molecule is Cc1c(O)cccc1C(=O)N[C@@H]1c2cccc(F)c2CC[C@H]1C. The van der Waals surface area contributed by atoms with Crippen molar-refractivity contribution < 1.29 is 14.3 Å². The highest BCUT2D eigenvalue weighted by Crippen LogP contribution is 2.35. The molecule has 1 aliphatic rings. The quantitative estimate of drug-likeness (QED) is 0.883. The summed E-state index contributed by atoms with van der Waals surface area (Å²) in [4.78, 5) is 12.6. The van der Waals surface area contributed by atoms with E-state index in [0.717, 1.165) is 12.0 Å². The summed E-state index contributed by atoms with van der Waals surface area (Å²) in [7, 11) is 0. The molecule has 2 aromatic carbocycles. The van der Waals surface area contributed by atoms with Gasteiger partial charge in [0.2, 0.25) is 0 Å². The zero-order chi connectivity index (χ0) is 16.6. The van der Waals surface area contributed by atoms with Crippen LogP contribution in [-0.2, 0) is 6.42 Å². The Bertz CT molecular complexity index is 757. The Labute approximate surface area is 135 Å². The van der Waals surface area contributed by atoms with Crippen LogP contribution < -0.4 is 5.32 Å². The molecule has 2 aromatic rings. The smallest absolute Gasteiger partial charge is 0.252 e. The van der Waals surface area contributed by atoms with E-state index < -0.39 is 0 Å². The molecule has 0 radical (unpaired) electrons. The van der Waals surface area contributed by atoms with Crippen LogP contribution in [0.4, 0.5) is 4.39 Å². The van der Waals surface area contributed by atoms with Crippen molar-refractivity contribution in [3.63, 3.8) is 0 Å². The standard InChI is InChI=1S/C19H20FNO2/c1-11-9-10-14-15(6-3-7-16(14)20)18(11)21-19(23)13-5-4-8-17(22)12(13)2/h3-8,11,18,22H,9-10H2,1-2H3,(H,21,23)/t11-,18+/m1/s1. The van der Waals surface area contributed by atoms with Crippen LogP contribution in [0.3, 0.4) is 0 Å². The second kappa shape index (κ2) is 6.03. The monoisotopic (exact) mass is 313 g/mol. The van der Waals surface area contributed by atoms with E-state index >= 15 is 0 Å². The Morgan fingerprint density at radius 2 is 2.00 bits per heavy atom. The minimum absolute atomic E-state index is 0.0980. The van der Waals surface area contributed by atoms with Crippen molar-refractivity contribution in [3.05, 3.63) is 64.5 Å². The molecule has 3 rings (SSSR count). The van der Waals surface area contributed by atoms with Crippen molar-refractivity contribution in [2.45, 2.75) is 32.7 Å². The number of hydrogen-bond acceptors (Lipinski definition) is 2. The number of phenols is 1. The Balaban J connectivity index is 1.92. The fraction of sp³-hybridized carbons (Fsp3) is 0.316. The lowest BCUT2D eigenvalue weighted by Crippen LogP contribution is -2.36. The third-order valence-electron chi connectivity index (χ3n) is 4.75. The van der Waals surface area contributed by atoms with Crippen LogP contribution in [0.5, 0.6) is 5.75 Å². The molecule has 0 spiro atoms. The number of fused-ring (bicyclic) bond motifs is 1. The molecule has 0 saturated carbocycles. The summed E-state index contributed by atoms with van der Waals surface area (Å²) in [5.74, 6) is -0.124. The summed E-state index contributed by atoms with van der Waals surface area (Å²) in [6.45, 7) is 3.77. The van der Waals surface area contributed by atoms with Crippen LogP contribution in [0, 0.1) is 18.7 Å². The van der Waals surface area contributed by atoms with Crippen molar-refractivity contribution in [2.75, 3.05) is 0 Å². The number of carbonyl (C=O) groups excluding carboxylic acids is 1. The van der Waals surface area contributed by atoms with Crippen molar-refractivity contribution in [3.8, 4) is 5.75 Å². The molecule has 0 bridgehead atoms. The predicted octanol–water partition coefficient (Wildman–Crippen LogP) is 3.89. The molecule has 0 saturated heterocycles. The third kappa shape index (κ3) is 2.81. The van der Waals surface area contributed by atoms with Gasteiger partial charge in [-0.3, -0.25) is 4.79 Å². The number of rotatable bonds is 2. The fourth-order valence-electron chi connectivity index (χ4n) is 3.28. The number of phenolic OH excluding ortho intramolecular Hbond substituents is 1. The molecule has 23 heavy (non-hydrogen) atoms. The van der Waals surface area contributed by atoms with Gasteiger partial charge in [0, 0.05) is 11.1 Å². The van der Waals surface area contributed by atoms with Gasteiger partial charge in [0.1, 0.15) is 11.6 Å². The van der Waals surface area contributed by atoms with Gasteiger partial charge in [-0.2, -0.15) is 0 Å². The molecule has 0 heterocycles. The first-order valence-electron chi connectivity index (χ1n) is 7.85. The molecule has 0 aliphatic heterocycles. The lowest BCUT2D eigenvalue weighted by atomic mass is 9.80. The van der Waals surface area contributed by atoms with E-state index in [9.17, 15) is 14.3 Å². The fourth-order valence-corrected chi connectivity index (χ4v) is 3.28. The molecule has 0 unspecified atom stereocenters. The number of aromatic hydroxyl groups is 1. The lowest BCUT2D eigenvalue weighted by Gasteiger charge is -2.32. The van der Waals surface area contributed by atoms with Crippen LogP contribution in [-0.4, -0.2) is 11.0 Å². The van der Waals surface area contributed by atoms with Crippen LogP contribution in [0.15, 0.2) is 36.4 Å². The van der Waals surface area contributed by atoms with Crippen molar-refractivity contribution >= 4 is 5.91 Å². The van der Waals surface area contributed by atoms with Gasteiger partial charge in [0.15, 0.2) is 0 Å². The summed E-state index contributed by atoms with van der Waals surface area (Å²) in [5, 5.41) is 12.8. The highest BCUT2D eigenvalue weighted by molar-refractivity contribution is 5.96. The molecule has 4 heteroatoms. The highest BCUT2D eigenvalue weighted by Gasteiger charge is 2.30. The summed E-state index contributed by atoms with van der Waals surface area (Å²) >= 11 is 0. The van der Waals surface area contributed by atoms with E-state index in [0.29, 0.717) is 23.1 Å². The average molecular weight is 313 g/mol. The van der Waals surface area contributed by atoms with E-state index in [1.54, 1.807) is 31.2 Å². The van der Waals surface area contributed by atoms with Crippen molar-refractivity contribution in [2.24, 2.45) is 5.92 Å². The lowest BCUT2D eigenvalue weighted by molar-refractivity contribution is 0.0918. The number of hydrogen-bond donors (Lipinski definition) is 2. The summed E-state index contributed by atoms with van der Waals surface area (Å²) < 4.78 is 14.0. The number of carbonyl (C=O) groups is 1. The van der Waals surface area contributed by atoms with E-state index in [1.165, 1.54) is 6.07 Å². The van der Waals surface area contributed by atoms with Gasteiger partial charge < -0.3 is 10.4 Å². The van der Waals surface area contributed by atoms with Crippen LogP contribution >= 0.6 is 0 Å². The van der Waals surface area contributed by atoms with Crippen molar-refractivity contribution in [1.29, 1.82) is 0 Å². The number of amides is 1. The third-order valence-corrected chi connectivity index (χ3v) is 4.75. The first-order valence-corrected chi connectivity index (χ1v) is 7.85. The minimum atomic E-state index is -0.243. The molecule has 1 amide bonds. The molecule has 0 aromatic heterocycles. The van der Waals surface area contributed by atoms with Gasteiger partial charge in [-0.1, -0.05) is 25.1 Å². The second-order valence-corrected chi connectivity index (χ2v) is 6.22. The number of benzene rings is 2. The normalized spacial score (nSPS) is 20.0. The van der Waals surface area contributed by atoms with Crippen molar-refractivity contribution in [1.82, 2.24) is 5.32 Å². The maximum atomic E-state index is 14.0. The Morgan fingerprint density at radius 3 is 2.78 bits per heavy atom. The van der Waals surface area contributed by atoms with Crippen LogP contribution in [0.1, 0.15) is 46.4 Å². The molecule has 2 N–H and O–H groups in total. The summed E-state index contributed by atoms with van der Waals surface area (Å²) in [6, 6.07) is 9.70. The number of halogens is 1. The molecule has 0 fully saturated rings. The largest absolute Gasteiger partial charge is 0.508 e.